The molecule has 0 bridgehead atoms. The number of carbonyl (C=O) groups is 2. The number of nitrogens with one attached hydrogen (secondary N) is 1. The van der Waals surface area contributed by atoms with E-state index < -0.39 is 11.2 Å². The van der Waals surface area contributed by atoms with Crippen molar-refractivity contribution in [3.8, 4) is 11.3 Å². The number of thioether (sulfide) groups is 1. The number of esters is 1. The Balaban J connectivity index is 1.65. The van der Waals surface area contributed by atoms with Crippen molar-refractivity contribution in [1.29, 1.82) is 0 Å². The lowest BCUT2D eigenvalue weighted by Gasteiger charge is -2.12. The van der Waals surface area contributed by atoms with Gasteiger partial charge in [0.2, 0.25) is 11.1 Å². The van der Waals surface area contributed by atoms with Crippen molar-refractivity contribution in [2.75, 3.05) is 11.9 Å². The van der Waals surface area contributed by atoms with E-state index in [1.807, 2.05) is 37.3 Å². The summed E-state index contributed by atoms with van der Waals surface area (Å²) in [6.45, 7) is 5.63. The van der Waals surface area contributed by atoms with Crippen LogP contribution in [0.3, 0.4) is 0 Å². The molecular weight excluding hydrogens is 422 g/mol. The molecule has 1 atom stereocenters. The zero-order valence-electron chi connectivity index (χ0n) is 16.8. The van der Waals surface area contributed by atoms with Gasteiger partial charge in [0, 0.05) is 5.56 Å². The fourth-order valence-corrected chi connectivity index (χ4v) is 4.18. The van der Waals surface area contributed by atoms with Crippen LogP contribution < -0.4 is 5.32 Å². The molecule has 0 aliphatic carbocycles. The molecular formula is C20H21N5O3S2. The summed E-state index contributed by atoms with van der Waals surface area (Å²) in [6, 6.07) is 9.64. The summed E-state index contributed by atoms with van der Waals surface area (Å²) in [5, 5.41) is 11.5. The van der Waals surface area contributed by atoms with Crippen LogP contribution in [0.15, 0.2) is 41.7 Å². The van der Waals surface area contributed by atoms with E-state index in [1.165, 1.54) is 11.8 Å². The third-order valence-corrected chi connectivity index (χ3v) is 6.29. The third-order valence-electron chi connectivity index (χ3n) is 4.01. The van der Waals surface area contributed by atoms with E-state index >= 15 is 0 Å². The van der Waals surface area contributed by atoms with E-state index in [4.69, 9.17) is 4.74 Å². The molecule has 1 amide bonds. The van der Waals surface area contributed by atoms with Crippen LogP contribution in [-0.4, -0.2) is 43.9 Å². The van der Waals surface area contributed by atoms with E-state index in [9.17, 15) is 9.59 Å². The molecule has 10 heteroatoms. The molecule has 0 unspecified atom stereocenters. The smallest absolute Gasteiger partial charge is 0.350 e. The summed E-state index contributed by atoms with van der Waals surface area (Å²) in [6.07, 6.45) is 2.21. The molecule has 156 valence electrons. The van der Waals surface area contributed by atoms with Gasteiger partial charge in [-0.05, 0) is 20.3 Å². The van der Waals surface area contributed by atoms with Crippen LogP contribution in [0.5, 0.6) is 0 Å². The summed E-state index contributed by atoms with van der Waals surface area (Å²) >= 11 is 2.33. The van der Waals surface area contributed by atoms with Gasteiger partial charge in [-0.25, -0.2) is 14.8 Å². The van der Waals surface area contributed by atoms with Gasteiger partial charge in [-0.3, -0.25) is 4.79 Å². The first-order valence-corrected chi connectivity index (χ1v) is 11.1. The minimum atomic E-state index is -0.438. The van der Waals surface area contributed by atoms with E-state index in [2.05, 4.69) is 25.5 Å². The molecule has 1 N–H and O–H groups in total. The van der Waals surface area contributed by atoms with E-state index in [0.29, 0.717) is 33.0 Å². The minimum Gasteiger partial charge on any atom is -0.462 e. The highest BCUT2D eigenvalue weighted by Crippen LogP contribution is 2.27. The molecule has 1 aromatic carbocycles. The predicted molar refractivity (Wildman–Crippen MR) is 117 cm³/mol. The largest absolute Gasteiger partial charge is 0.462 e. The number of amides is 1. The van der Waals surface area contributed by atoms with Crippen LogP contribution in [0.25, 0.3) is 11.3 Å². The number of ether oxygens (including phenoxy) is 1. The van der Waals surface area contributed by atoms with Gasteiger partial charge in [0.1, 0.15) is 10.6 Å². The summed E-state index contributed by atoms with van der Waals surface area (Å²) in [4.78, 5) is 33.6. The van der Waals surface area contributed by atoms with Gasteiger partial charge in [0.15, 0.2) is 5.13 Å². The van der Waals surface area contributed by atoms with Crippen molar-refractivity contribution in [1.82, 2.24) is 20.2 Å². The molecule has 0 saturated carbocycles. The molecule has 8 nitrogen and oxygen atoms in total. The molecule has 30 heavy (non-hydrogen) atoms. The summed E-state index contributed by atoms with van der Waals surface area (Å²) in [7, 11) is 0. The van der Waals surface area contributed by atoms with Crippen molar-refractivity contribution >= 4 is 40.1 Å². The van der Waals surface area contributed by atoms with Gasteiger partial charge in [-0.2, -0.15) is 0 Å². The van der Waals surface area contributed by atoms with Gasteiger partial charge in [-0.1, -0.05) is 60.4 Å². The molecule has 3 aromatic rings. The van der Waals surface area contributed by atoms with Gasteiger partial charge in [-0.15, -0.1) is 10.2 Å². The van der Waals surface area contributed by atoms with Crippen molar-refractivity contribution in [2.24, 2.45) is 0 Å². The number of thiazole rings is 1. The summed E-state index contributed by atoms with van der Waals surface area (Å²) in [5.41, 5.74) is 2.12. The van der Waals surface area contributed by atoms with Crippen molar-refractivity contribution in [2.45, 2.75) is 37.6 Å². The van der Waals surface area contributed by atoms with Gasteiger partial charge in [0.05, 0.1) is 23.7 Å². The second-order valence-electron chi connectivity index (χ2n) is 6.15. The average molecular weight is 444 g/mol. The number of hydrogen-bond acceptors (Lipinski definition) is 9. The Morgan fingerprint density at radius 2 is 1.97 bits per heavy atom. The number of benzene rings is 1. The predicted octanol–water partition coefficient (Wildman–Crippen LogP) is 3.99. The number of hydrogen-bond donors (Lipinski definition) is 1. The Kier molecular flexibility index (Phi) is 7.47. The first kappa shape index (κ1) is 21.8. The molecule has 2 heterocycles. The van der Waals surface area contributed by atoms with Crippen LogP contribution in [0.1, 0.15) is 35.6 Å². The first-order valence-electron chi connectivity index (χ1n) is 9.39. The molecule has 0 saturated heterocycles. The van der Waals surface area contributed by atoms with Crippen LogP contribution in [0, 0.1) is 6.92 Å². The highest BCUT2D eigenvalue weighted by molar-refractivity contribution is 8.00. The quantitative estimate of drug-likeness (QED) is 0.411. The highest BCUT2D eigenvalue weighted by atomic mass is 32.2. The third kappa shape index (κ3) is 5.39. The van der Waals surface area contributed by atoms with Crippen molar-refractivity contribution in [3.05, 3.63) is 47.1 Å². The van der Waals surface area contributed by atoms with Crippen LogP contribution >= 0.6 is 23.1 Å². The second-order valence-corrected chi connectivity index (χ2v) is 8.32. The maximum Gasteiger partial charge on any atom is 0.350 e. The first-order chi connectivity index (χ1) is 14.5. The SMILES string of the molecule is CCOC(=O)c1sc(NC(=O)[C@H](CC)Sc2ncc(-c3ccccc3)nn2)nc1C. The zero-order valence-corrected chi connectivity index (χ0v) is 18.4. The Morgan fingerprint density at radius 3 is 2.60 bits per heavy atom. The Labute approximate surface area is 182 Å². The van der Waals surface area contributed by atoms with Crippen LogP contribution in [0.2, 0.25) is 0 Å². The second kappa shape index (κ2) is 10.3. The maximum atomic E-state index is 12.7. The molecule has 3 rings (SSSR count). The lowest BCUT2D eigenvalue weighted by molar-refractivity contribution is -0.115. The van der Waals surface area contributed by atoms with E-state index in [0.717, 1.165) is 16.9 Å². The number of aromatic nitrogens is 4. The maximum absolute atomic E-state index is 12.7. The average Bonchev–Trinajstić information content (AvgIpc) is 3.13. The van der Waals surface area contributed by atoms with Crippen LogP contribution in [-0.2, 0) is 9.53 Å². The zero-order chi connectivity index (χ0) is 21.5. The lowest BCUT2D eigenvalue weighted by Crippen LogP contribution is -2.24. The van der Waals surface area contributed by atoms with Crippen molar-refractivity contribution < 1.29 is 14.3 Å². The molecule has 2 aromatic heterocycles. The number of rotatable bonds is 8. The highest BCUT2D eigenvalue weighted by Gasteiger charge is 2.23. The monoisotopic (exact) mass is 443 g/mol. The Morgan fingerprint density at radius 1 is 1.20 bits per heavy atom. The van der Waals surface area contributed by atoms with E-state index in [1.54, 1.807) is 20.0 Å². The normalized spacial score (nSPS) is 11.7. The van der Waals surface area contributed by atoms with Gasteiger partial charge in [0.25, 0.3) is 0 Å². The fourth-order valence-electron chi connectivity index (χ4n) is 2.53. The minimum absolute atomic E-state index is 0.234. The summed E-state index contributed by atoms with van der Waals surface area (Å²) in [5.74, 6) is -0.671. The number of aryl methyl sites for hydroxylation is 1. The molecule has 0 fully saturated rings. The number of carbonyl (C=O) groups excluding carboxylic acids is 2. The Bertz CT molecular complexity index is 1010. The van der Waals surface area contributed by atoms with E-state index in [-0.39, 0.29) is 12.5 Å². The van der Waals surface area contributed by atoms with Gasteiger partial charge >= 0.3 is 5.97 Å². The molecule has 0 aliphatic heterocycles. The molecule has 0 radical (unpaired) electrons. The summed E-state index contributed by atoms with van der Waals surface area (Å²) < 4.78 is 5.01. The standard InChI is InChI=1S/C20H21N5O3S2/c1-4-15(17(26)23-20-22-12(3)16(30-20)18(27)28-5-2)29-19-21-11-14(24-25-19)13-9-7-6-8-10-13/h6-11,15H,4-5H2,1-3H3,(H,22,23,26)/t15-/m0/s1. The molecule has 0 aliphatic rings. The van der Waals surface area contributed by atoms with Crippen LogP contribution in [0.4, 0.5) is 5.13 Å². The number of anilines is 1. The number of nitrogens with zero attached hydrogens (tertiary/aromatic N) is 4. The lowest BCUT2D eigenvalue weighted by atomic mass is 10.2. The van der Waals surface area contributed by atoms with Gasteiger partial charge < -0.3 is 10.1 Å². The Hall–Kier alpha value is -2.85. The molecule has 0 spiro atoms. The van der Waals surface area contributed by atoms with Crippen molar-refractivity contribution in [3.63, 3.8) is 0 Å². The fraction of sp³-hybridized carbons (Fsp3) is 0.300. The topological polar surface area (TPSA) is 107 Å².